The fourth-order valence-corrected chi connectivity index (χ4v) is 2.22. The Labute approximate surface area is 107 Å². The van der Waals surface area contributed by atoms with E-state index in [0.29, 0.717) is 5.69 Å². The average Bonchev–Trinajstić information content (AvgIpc) is 2.27. The number of carbonyl (C=O) groups excluding carboxylic acids is 1. The largest absolute Gasteiger partial charge is 0.373 e. The second-order valence-electron chi connectivity index (χ2n) is 4.14. The molecule has 0 radical (unpaired) electrons. The van der Waals surface area contributed by atoms with Crippen LogP contribution in [0.15, 0.2) is 29.2 Å². The van der Waals surface area contributed by atoms with E-state index < -0.39 is 16.1 Å². The van der Waals surface area contributed by atoms with Gasteiger partial charge < -0.3 is 10.2 Å². The lowest BCUT2D eigenvalue weighted by atomic mass is 10.2. The zero-order chi connectivity index (χ0) is 13.9. The predicted octanol–water partition coefficient (Wildman–Crippen LogP) is 0.223. The minimum atomic E-state index is -3.81. The molecule has 0 saturated carbocycles. The Morgan fingerprint density at radius 3 is 2.39 bits per heavy atom. The van der Waals surface area contributed by atoms with Gasteiger partial charge in [0, 0.05) is 14.1 Å². The minimum absolute atomic E-state index is 0.0246. The lowest BCUT2D eigenvalue weighted by Crippen LogP contribution is -2.37. The van der Waals surface area contributed by atoms with Gasteiger partial charge in [-0.15, -0.1) is 0 Å². The van der Waals surface area contributed by atoms with E-state index in [0.717, 1.165) is 0 Å². The molecule has 6 nitrogen and oxygen atoms in total. The van der Waals surface area contributed by atoms with Crippen LogP contribution >= 0.6 is 0 Å². The Morgan fingerprint density at radius 2 is 1.89 bits per heavy atom. The lowest BCUT2D eigenvalue weighted by molar-refractivity contribution is -0.129. The van der Waals surface area contributed by atoms with Crippen molar-refractivity contribution in [2.45, 2.75) is 17.9 Å². The van der Waals surface area contributed by atoms with Crippen LogP contribution in [0.5, 0.6) is 0 Å². The molecule has 0 aromatic heterocycles. The van der Waals surface area contributed by atoms with Crippen molar-refractivity contribution in [2.75, 3.05) is 19.4 Å². The van der Waals surface area contributed by atoms with Gasteiger partial charge in [-0.2, -0.15) is 0 Å². The Morgan fingerprint density at radius 1 is 1.33 bits per heavy atom. The average molecular weight is 271 g/mol. The number of carbonyl (C=O) groups is 1. The molecule has 0 aliphatic rings. The van der Waals surface area contributed by atoms with Crippen LogP contribution in [0.25, 0.3) is 0 Å². The first-order chi connectivity index (χ1) is 8.23. The quantitative estimate of drug-likeness (QED) is 0.819. The van der Waals surface area contributed by atoms with Gasteiger partial charge >= 0.3 is 0 Å². The normalized spacial score (nSPS) is 12.9. The van der Waals surface area contributed by atoms with Crippen molar-refractivity contribution in [3.8, 4) is 0 Å². The topological polar surface area (TPSA) is 92.5 Å². The third-order valence-electron chi connectivity index (χ3n) is 2.38. The Hall–Kier alpha value is -1.60. The van der Waals surface area contributed by atoms with Gasteiger partial charge in [0.15, 0.2) is 0 Å². The fraction of sp³-hybridized carbons (Fsp3) is 0.364. The van der Waals surface area contributed by atoms with E-state index in [1.54, 1.807) is 39.2 Å². The third kappa shape index (κ3) is 3.44. The van der Waals surface area contributed by atoms with Gasteiger partial charge in [-0.1, -0.05) is 12.1 Å². The van der Waals surface area contributed by atoms with Gasteiger partial charge in [-0.3, -0.25) is 4.79 Å². The van der Waals surface area contributed by atoms with Gasteiger partial charge in [0.1, 0.15) is 10.9 Å². The van der Waals surface area contributed by atoms with Crippen molar-refractivity contribution in [1.29, 1.82) is 0 Å². The first kappa shape index (κ1) is 14.5. The lowest BCUT2D eigenvalue weighted by Gasteiger charge is -2.20. The van der Waals surface area contributed by atoms with Crippen LogP contribution in [0.2, 0.25) is 0 Å². The maximum absolute atomic E-state index is 11.7. The third-order valence-corrected chi connectivity index (χ3v) is 3.35. The molecule has 0 aliphatic carbocycles. The van der Waals surface area contributed by atoms with Crippen molar-refractivity contribution in [2.24, 2.45) is 5.14 Å². The van der Waals surface area contributed by atoms with Gasteiger partial charge in [0.25, 0.3) is 0 Å². The first-order valence-corrected chi connectivity index (χ1v) is 6.87. The zero-order valence-electron chi connectivity index (χ0n) is 10.5. The van der Waals surface area contributed by atoms with Crippen LogP contribution in [0, 0.1) is 0 Å². The molecular formula is C11H17N3O3S. The monoisotopic (exact) mass is 271 g/mol. The number of hydrogen-bond donors (Lipinski definition) is 2. The summed E-state index contributed by atoms with van der Waals surface area (Å²) >= 11 is 0. The van der Waals surface area contributed by atoms with Crippen LogP contribution in [-0.2, 0) is 14.8 Å². The van der Waals surface area contributed by atoms with E-state index in [4.69, 9.17) is 5.14 Å². The molecular weight excluding hydrogens is 254 g/mol. The molecule has 100 valence electrons. The predicted molar refractivity (Wildman–Crippen MR) is 69.6 cm³/mol. The number of nitrogens with zero attached hydrogens (tertiary/aromatic N) is 1. The number of hydrogen-bond acceptors (Lipinski definition) is 4. The van der Waals surface area contributed by atoms with E-state index in [1.165, 1.54) is 11.0 Å². The molecule has 0 spiro atoms. The number of nitrogens with two attached hydrogens (primary N) is 1. The highest BCUT2D eigenvalue weighted by Crippen LogP contribution is 2.20. The fourth-order valence-electron chi connectivity index (χ4n) is 1.52. The smallest absolute Gasteiger partial charge is 0.244 e. The maximum Gasteiger partial charge on any atom is 0.244 e. The van der Waals surface area contributed by atoms with E-state index in [9.17, 15) is 13.2 Å². The summed E-state index contributed by atoms with van der Waals surface area (Å²) in [4.78, 5) is 13.1. The van der Waals surface area contributed by atoms with E-state index in [2.05, 4.69) is 5.32 Å². The number of primary sulfonamides is 1. The molecule has 1 rings (SSSR count). The Kier molecular flexibility index (Phi) is 4.31. The van der Waals surface area contributed by atoms with Crippen molar-refractivity contribution in [3.05, 3.63) is 24.3 Å². The van der Waals surface area contributed by atoms with Crippen molar-refractivity contribution in [1.82, 2.24) is 4.90 Å². The number of para-hydroxylation sites is 1. The number of nitrogens with one attached hydrogen (secondary N) is 1. The van der Waals surface area contributed by atoms with Gasteiger partial charge in [-0.25, -0.2) is 13.6 Å². The highest BCUT2D eigenvalue weighted by atomic mass is 32.2. The summed E-state index contributed by atoms with van der Waals surface area (Å²) < 4.78 is 22.8. The molecule has 0 heterocycles. The summed E-state index contributed by atoms with van der Waals surface area (Å²) in [7, 11) is -0.550. The van der Waals surface area contributed by atoms with Gasteiger partial charge in [-0.05, 0) is 19.1 Å². The SMILES string of the molecule is CC(Nc1ccccc1S(N)(=O)=O)C(=O)N(C)C. The number of rotatable bonds is 4. The molecule has 7 heteroatoms. The molecule has 1 amide bonds. The van der Waals surface area contributed by atoms with Crippen LogP contribution in [0.1, 0.15) is 6.92 Å². The molecule has 0 fully saturated rings. The number of sulfonamides is 1. The van der Waals surface area contributed by atoms with Crippen LogP contribution in [0.4, 0.5) is 5.69 Å². The summed E-state index contributed by atoms with van der Waals surface area (Å²) in [6.07, 6.45) is 0. The molecule has 1 unspecified atom stereocenters. The van der Waals surface area contributed by atoms with Gasteiger partial charge in [0.2, 0.25) is 15.9 Å². The molecule has 18 heavy (non-hydrogen) atoms. The van der Waals surface area contributed by atoms with Crippen LogP contribution in [-0.4, -0.2) is 39.4 Å². The van der Waals surface area contributed by atoms with Crippen molar-refractivity contribution >= 4 is 21.6 Å². The van der Waals surface area contributed by atoms with E-state index in [-0.39, 0.29) is 10.8 Å². The number of anilines is 1. The second-order valence-corrected chi connectivity index (χ2v) is 5.67. The molecule has 1 atom stereocenters. The highest BCUT2D eigenvalue weighted by Gasteiger charge is 2.18. The summed E-state index contributed by atoms with van der Waals surface area (Å²) in [5.41, 5.74) is 0.322. The van der Waals surface area contributed by atoms with Gasteiger partial charge in [0.05, 0.1) is 5.69 Å². The maximum atomic E-state index is 11.7. The number of likely N-dealkylation sites (N-methyl/N-ethyl adjacent to an activating group) is 1. The summed E-state index contributed by atoms with van der Waals surface area (Å²) in [6, 6.07) is 5.67. The molecule has 0 saturated heterocycles. The van der Waals surface area contributed by atoms with E-state index in [1.807, 2.05) is 0 Å². The summed E-state index contributed by atoms with van der Waals surface area (Å²) in [5, 5.41) is 7.95. The number of benzene rings is 1. The minimum Gasteiger partial charge on any atom is -0.373 e. The summed E-state index contributed by atoms with van der Waals surface area (Å²) in [6.45, 7) is 1.66. The number of amides is 1. The standard InChI is InChI=1S/C11H17N3O3S/c1-8(11(15)14(2)3)13-9-6-4-5-7-10(9)18(12,16)17/h4-8,13H,1-3H3,(H2,12,16,17). The van der Waals surface area contributed by atoms with Crippen molar-refractivity contribution in [3.63, 3.8) is 0 Å². The van der Waals surface area contributed by atoms with Crippen LogP contribution < -0.4 is 10.5 Å². The molecule has 1 aromatic carbocycles. The molecule has 0 aliphatic heterocycles. The van der Waals surface area contributed by atoms with Crippen molar-refractivity contribution < 1.29 is 13.2 Å². The highest BCUT2D eigenvalue weighted by molar-refractivity contribution is 7.89. The Bertz CT molecular complexity index is 540. The first-order valence-electron chi connectivity index (χ1n) is 5.33. The van der Waals surface area contributed by atoms with E-state index >= 15 is 0 Å². The molecule has 3 N–H and O–H groups in total. The van der Waals surface area contributed by atoms with Crippen LogP contribution in [0.3, 0.4) is 0 Å². The zero-order valence-corrected chi connectivity index (χ0v) is 11.4. The molecule has 1 aromatic rings. The Balaban J connectivity index is 3.03. The molecule has 0 bridgehead atoms. The second kappa shape index (κ2) is 5.36. The summed E-state index contributed by atoms with van der Waals surface area (Å²) in [5.74, 6) is -0.153.